The average Bonchev–Trinajstić information content (AvgIpc) is 3.56. The van der Waals surface area contributed by atoms with E-state index in [2.05, 4.69) is 15.3 Å². The number of likely N-dealkylation sites (tertiary alicyclic amines) is 1. The third-order valence-electron chi connectivity index (χ3n) is 6.82. The number of oxazole rings is 1. The Morgan fingerprint density at radius 1 is 1.30 bits per heavy atom. The second kappa shape index (κ2) is 6.40. The summed E-state index contributed by atoms with van der Waals surface area (Å²) in [5.74, 6) is 0.0550. The third kappa shape index (κ3) is 2.58. The van der Waals surface area contributed by atoms with Crippen molar-refractivity contribution in [3.05, 3.63) is 54.6 Å². The van der Waals surface area contributed by atoms with Crippen LogP contribution >= 0.6 is 0 Å². The van der Waals surface area contributed by atoms with Crippen LogP contribution in [0.5, 0.6) is 0 Å². The minimum atomic E-state index is -0.303. The molecule has 2 amide bonds. The SMILES string of the molecule is O=C(NC[C@H]1[C@H]2CN(C(=O)c3cocn3)C[C@]23CC[C@H]1O3)c1cn2ccccc2n1. The van der Waals surface area contributed by atoms with Gasteiger partial charge in [-0.05, 0) is 25.0 Å². The van der Waals surface area contributed by atoms with Crippen LogP contribution in [-0.2, 0) is 4.74 Å². The summed E-state index contributed by atoms with van der Waals surface area (Å²) in [5.41, 5.74) is 1.15. The number of imidazole rings is 1. The Kier molecular flexibility index (Phi) is 3.76. The van der Waals surface area contributed by atoms with Crippen LogP contribution in [0.15, 0.2) is 47.7 Å². The molecule has 1 spiro atoms. The molecule has 3 saturated heterocycles. The van der Waals surface area contributed by atoms with Crippen molar-refractivity contribution in [1.82, 2.24) is 24.6 Å². The first-order valence-electron chi connectivity index (χ1n) is 10.2. The molecule has 3 aromatic rings. The lowest BCUT2D eigenvalue weighted by Crippen LogP contribution is -2.42. The molecule has 30 heavy (non-hydrogen) atoms. The zero-order chi connectivity index (χ0) is 20.3. The van der Waals surface area contributed by atoms with Gasteiger partial charge in [0.1, 0.15) is 17.6 Å². The molecule has 1 N–H and O–H groups in total. The van der Waals surface area contributed by atoms with Crippen molar-refractivity contribution in [2.75, 3.05) is 19.6 Å². The van der Waals surface area contributed by atoms with Gasteiger partial charge in [-0.2, -0.15) is 0 Å². The first kappa shape index (κ1) is 17.6. The number of ether oxygens (including phenoxy) is 1. The highest BCUT2D eigenvalue weighted by Gasteiger charge is 2.63. The predicted octanol–water partition coefficient (Wildman–Crippen LogP) is 1.37. The van der Waals surface area contributed by atoms with Crippen LogP contribution in [0.2, 0.25) is 0 Å². The summed E-state index contributed by atoms with van der Waals surface area (Å²) in [6, 6.07) is 5.65. The minimum absolute atomic E-state index is 0.126. The highest BCUT2D eigenvalue weighted by Crippen LogP contribution is 2.54. The van der Waals surface area contributed by atoms with Crippen LogP contribution in [0.3, 0.4) is 0 Å². The summed E-state index contributed by atoms with van der Waals surface area (Å²) in [4.78, 5) is 35.6. The number of amides is 2. The number of pyridine rings is 1. The van der Waals surface area contributed by atoms with Gasteiger partial charge >= 0.3 is 0 Å². The van der Waals surface area contributed by atoms with E-state index in [-0.39, 0.29) is 35.4 Å². The van der Waals surface area contributed by atoms with Crippen LogP contribution in [0, 0.1) is 11.8 Å². The van der Waals surface area contributed by atoms with Crippen LogP contribution in [0.4, 0.5) is 0 Å². The van der Waals surface area contributed by atoms with E-state index < -0.39 is 0 Å². The summed E-state index contributed by atoms with van der Waals surface area (Å²) in [5, 5.41) is 3.04. The third-order valence-corrected chi connectivity index (χ3v) is 6.82. The van der Waals surface area contributed by atoms with E-state index in [0.29, 0.717) is 31.0 Å². The van der Waals surface area contributed by atoms with Crippen molar-refractivity contribution in [3.8, 4) is 0 Å². The van der Waals surface area contributed by atoms with Gasteiger partial charge in [-0.1, -0.05) is 6.07 Å². The Labute approximate surface area is 172 Å². The first-order valence-corrected chi connectivity index (χ1v) is 10.2. The average molecular weight is 407 g/mol. The quantitative estimate of drug-likeness (QED) is 0.701. The van der Waals surface area contributed by atoms with E-state index in [1.54, 1.807) is 11.1 Å². The molecule has 0 saturated carbocycles. The van der Waals surface area contributed by atoms with Gasteiger partial charge < -0.3 is 23.8 Å². The number of carbonyl (C=O) groups excluding carboxylic acids is 2. The molecule has 6 rings (SSSR count). The molecule has 3 aromatic heterocycles. The lowest BCUT2D eigenvalue weighted by atomic mass is 9.73. The highest BCUT2D eigenvalue weighted by atomic mass is 16.5. The fourth-order valence-electron chi connectivity index (χ4n) is 5.44. The van der Waals surface area contributed by atoms with E-state index in [9.17, 15) is 9.59 Å². The van der Waals surface area contributed by atoms with Gasteiger partial charge in [-0.15, -0.1) is 0 Å². The molecule has 4 atom stereocenters. The van der Waals surface area contributed by atoms with Crippen LogP contribution < -0.4 is 5.32 Å². The van der Waals surface area contributed by atoms with Crippen LogP contribution in [0.25, 0.3) is 5.65 Å². The number of nitrogens with zero attached hydrogens (tertiary/aromatic N) is 4. The van der Waals surface area contributed by atoms with Crippen molar-refractivity contribution in [1.29, 1.82) is 0 Å². The summed E-state index contributed by atoms with van der Waals surface area (Å²) < 4.78 is 13.2. The molecule has 0 aromatic carbocycles. The highest BCUT2D eigenvalue weighted by molar-refractivity contribution is 5.93. The van der Waals surface area contributed by atoms with Crippen molar-refractivity contribution < 1.29 is 18.7 Å². The van der Waals surface area contributed by atoms with Crippen LogP contribution in [0.1, 0.15) is 33.8 Å². The molecule has 9 nitrogen and oxygen atoms in total. The lowest BCUT2D eigenvalue weighted by Gasteiger charge is -2.29. The fourth-order valence-corrected chi connectivity index (χ4v) is 5.44. The Balaban J connectivity index is 1.16. The summed E-state index contributed by atoms with van der Waals surface area (Å²) in [6.07, 6.45) is 8.27. The number of nitrogens with one attached hydrogen (secondary N) is 1. The van der Waals surface area contributed by atoms with E-state index in [4.69, 9.17) is 9.15 Å². The van der Waals surface area contributed by atoms with Crippen molar-refractivity contribution in [2.24, 2.45) is 11.8 Å². The first-order chi connectivity index (χ1) is 14.6. The molecule has 0 unspecified atom stereocenters. The van der Waals surface area contributed by atoms with Gasteiger partial charge in [0.15, 0.2) is 12.1 Å². The van der Waals surface area contributed by atoms with Crippen LogP contribution in [-0.4, -0.2) is 62.4 Å². The zero-order valence-corrected chi connectivity index (χ0v) is 16.2. The van der Waals surface area contributed by atoms with E-state index in [0.717, 1.165) is 18.5 Å². The monoisotopic (exact) mass is 407 g/mol. The molecule has 3 aliphatic rings. The van der Waals surface area contributed by atoms with Gasteiger partial charge in [-0.25, -0.2) is 9.97 Å². The second-order valence-corrected chi connectivity index (χ2v) is 8.39. The molecular formula is C21H21N5O4. The number of rotatable bonds is 4. The molecule has 0 aliphatic carbocycles. The van der Waals surface area contributed by atoms with Crippen molar-refractivity contribution >= 4 is 17.5 Å². The van der Waals surface area contributed by atoms with Gasteiger partial charge in [0.25, 0.3) is 11.8 Å². The summed E-state index contributed by atoms with van der Waals surface area (Å²) >= 11 is 0. The van der Waals surface area contributed by atoms with E-state index in [1.807, 2.05) is 28.8 Å². The predicted molar refractivity (Wildman–Crippen MR) is 104 cm³/mol. The maximum Gasteiger partial charge on any atom is 0.275 e. The maximum atomic E-state index is 12.7. The molecule has 154 valence electrons. The molecule has 2 bridgehead atoms. The summed E-state index contributed by atoms with van der Waals surface area (Å²) in [6.45, 7) is 1.68. The Hall–Kier alpha value is -3.20. The second-order valence-electron chi connectivity index (χ2n) is 8.39. The van der Waals surface area contributed by atoms with E-state index in [1.165, 1.54) is 12.7 Å². The minimum Gasteiger partial charge on any atom is -0.451 e. The lowest BCUT2D eigenvalue weighted by molar-refractivity contribution is 0.00311. The Bertz CT molecular complexity index is 1090. The Morgan fingerprint density at radius 2 is 2.23 bits per heavy atom. The van der Waals surface area contributed by atoms with Gasteiger partial charge in [0.05, 0.1) is 18.2 Å². The molecular weight excluding hydrogens is 386 g/mol. The van der Waals surface area contributed by atoms with Crippen molar-refractivity contribution in [2.45, 2.75) is 24.5 Å². The number of hydrogen-bond donors (Lipinski definition) is 1. The largest absolute Gasteiger partial charge is 0.451 e. The molecule has 0 radical (unpaired) electrons. The normalized spacial score (nSPS) is 29.5. The maximum absolute atomic E-state index is 12.7. The molecule has 3 aliphatic heterocycles. The van der Waals surface area contributed by atoms with Crippen molar-refractivity contribution in [3.63, 3.8) is 0 Å². The van der Waals surface area contributed by atoms with Gasteiger partial charge in [0.2, 0.25) is 0 Å². The Morgan fingerprint density at radius 3 is 3.07 bits per heavy atom. The number of carbonyl (C=O) groups is 2. The fraction of sp³-hybridized carbons (Fsp3) is 0.429. The number of hydrogen-bond acceptors (Lipinski definition) is 6. The number of fused-ring (bicyclic) bond motifs is 2. The zero-order valence-electron chi connectivity index (χ0n) is 16.2. The van der Waals surface area contributed by atoms with Gasteiger partial charge in [0, 0.05) is 37.3 Å². The van der Waals surface area contributed by atoms with Gasteiger partial charge in [-0.3, -0.25) is 9.59 Å². The topological polar surface area (TPSA) is 102 Å². The molecule has 9 heteroatoms. The standard InChI is InChI=1S/C21H21N5O4/c27-19(15-9-25-6-2-1-3-18(25)24-15)22-7-13-14-8-26(20(28)16-10-29-12-23-16)11-21(14)5-4-17(13)30-21/h1-3,6,9-10,12-14,17H,4-5,7-8,11H2,(H,22,27)/t13-,14+,17+,21+/m0/s1. The summed E-state index contributed by atoms with van der Waals surface area (Å²) in [7, 11) is 0. The molecule has 6 heterocycles. The smallest absolute Gasteiger partial charge is 0.275 e. The molecule has 3 fully saturated rings. The number of aromatic nitrogens is 3. The van der Waals surface area contributed by atoms with E-state index >= 15 is 0 Å².